The average molecular weight is 408 g/mol. The van der Waals surface area contributed by atoms with Crippen molar-refractivity contribution in [3.05, 3.63) is 64.7 Å². The molecule has 6 heteroatoms. The van der Waals surface area contributed by atoms with E-state index in [-0.39, 0.29) is 11.9 Å². The molecular weight excluding hydrogens is 378 g/mol. The lowest BCUT2D eigenvalue weighted by atomic mass is 9.98. The number of rotatable bonds is 3. The van der Waals surface area contributed by atoms with Gasteiger partial charge in [-0.1, -0.05) is 31.2 Å². The summed E-state index contributed by atoms with van der Waals surface area (Å²) in [5.41, 5.74) is 4.13. The van der Waals surface area contributed by atoms with Gasteiger partial charge in [0.1, 0.15) is 0 Å². The first-order valence-corrected chi connectivity index (χ1v) is 10.7. The molecule has 1 aliphatic carbocycles. The van der Waals surface area contributed by atoms with Crippen LogP contribution in [0.25, 0.3) is 0 Å². The number of aryl methyl sites for hydroxylation is 1. The predicted molar refractivity (Wildman–Crippen MR) is 117 cm³/mol. The molecule has 0 aromatic heterocycles. The Labute approximate surface area is 177 Å². The minimum Gasteiger partial charge on any atom is -0.390 e. The third-order valence-corrected chi connectivity index (χ3v) is 6.28. The normalized spacial score (nSPS) is 21.2. The van der Waals surface area contributed by atoms with Gasteiger partial charge in [-0.05, 0) is 60.6 Å². The number of piperidine rings is 1. The van der Waals surface area contributed by atoms with Crippen molar-refractivity contribution < 1.29 is 14.7 Å². The van der Waals surface area contributed by atoms with Crippen molar-refractivity contribution in [2.75, 3.05) is 18.4 Å². The van der Waals surface area contributed by atoms with Gasteiger partial charge in [0, 0.05) is 30.8 Å². The number of anilines is 1. The first kappa shape index (κ1) is 20.4. The summed E-state index contributed by atoms with van der Waals surface area (Å²) in [6, 6.07) is 12.3. The molecule has 30 heavy (non-hydrogen) atoms. The molecule has 2 aromatic carbocycles. The maximum Gasteiger partial charge on any atom is 0.319 e. The molecule has 1 fully saturated rings. The molecule has 3 amide bonds. The van der Waals surface area contributed by atoms with Crippen molar-refractivity contribution in [1.29, 1.82) is 0 Å². The topological polar surface area (TPSA) is 81.7 Å². The fourth-order valence-corrected chi connectivity index (χ4v) is 4.38. The predicted octanol–water partition coefficient (Wildman–Crippen LogP) is 3.65. The monoisotopic (exact) mass is 407 g/mol. The molecular formula is C24H29N3O3. The molecule has 0 unspecified atom stereocenters. The van der Waals surface area contributed by atoms with E-state index in [4.69, 9.17) is 0 Å². The lowest BCUT2D eigenvalue weighted by Crippen LogP contribution is -2.38. The van der Waals surface area contributed by atoms with E-state index in [9.17, 15) is 14.7 Å². The molecule has 0 saturated carbocycles. The van der Waals surface area contributed by atoms with Crippen molar-refractivity contribution in [2.24, 2.45) is 5.92 Å². The van der Waals surface area contributed by atoms with Gasteiger partial charge in [0.05, 0.1) is 12.1 Å². The van der Waals surface area contributed by atoms with Crippen LogP contribution in [0.3, 0.4) is 0 Å². The number of nitrogens with one attached hydrogen (secondary N) is 2. The van der Waals surface area contributed by atoms with Crippen LogP contribution in [0.5, 0.6) is 0 Å². The minimum atomic E-state index is -0.637. The van der Waals surface area contributed by atoms with E-state index in [1.165, 1.54) is 0 Å². The Morgan fingerprint density at radius 2 is 1.83 bits per heavy atom. The molecule has 6 nitrogen and oxygen atoms in total. The smallest absolute Gasteiger partial charge is 0.319 e. The zero-order valence-corrected chi connectivity index (χ0v) is 17.5. The lowest BCUT2D eigenvalue weighted by Gasteiger charge is -2.30. The number of carbonyl (C=O) groups is 2. The van der Waals surface area contributed by atoms with Gasteiger partial charge in [-0.2, -0.15) is 0 Å². The average Bonchev–Trinajstić information content (AvgIpc) is 3.05. The number of fused-ring (bicyclic) bond motifs is 1. The Hall–Kier alpha value is -2.86. The van der Waals surface area contributed by atoms with Gasteiger partial charge >= 0.3 is 6.03 Å². The van der Waals surface area contributed by atoms with Crippen LogP contribution in [0.4, 0.5) is 10.5 Å². The van der Waals surface area contributed by atoms with E-state index in [1.54, 1.807) is 12.1 Å². The third kappa shape index (κ3) is 4.19. The summed E-state index contributed by atoms with van der Waals surface area (Å²) in [4.78, 5) is 27.2. The first-order chi connectivity index (χ1) is 14.4. The zero-order chi connectivity index (χ0) is 21.3. The molecule has 0 radical (unpaired) electrons. The Morgan fingerprint density at radius 3 is 2.57 bits per heavy atom. The summed E-state index contributed by atoms with van der Waals surface area (Å²) in [6.45, 7) is 5.70. The van der Waals surface area contributed by atoms with Crippen LogP contribution in [-0.4, -0.2) is 41.1 Å². The number of amides is 3. The van der Waals surface area contributed by atoms with Crippen molar-refractivity contribution in [1.82, 2.24) is 10.2 Å². The van der Waals surface area contributed by atoms with Crippen LogP contribution in [0.1, 0.15) is 52.9 Å². The molecule has 3 N–H and O–H groups in total. The molecule has 0 spiro atoms. The van der Waals surface area contributed by atoms with E-state index in [1.807, 2.05) is 42.2 Å². The lowest BCUT2D eigenvalue weighted by molar-refractivity contribution is 0.0697. The quantitative estimate of drug-likeness (QED) is 0.726. The number of aliphatic hydroxyl groups is 1. The van der Waals surface area contributed by atoms with Crippen molar-refractivity contribution in [3.63, 3.8) is 0 Å². The van der Waals surface area contributed by atoms with Gasteiger partial charge in [-0.15, -0.1) is 0 Å². The van der Waals surface area contributed by atoms with Crippen molar-refractivity contribution in [3.8, 4) is 0 Å². The Balaban J connectivity index is 1.40. The Kier molecular flexibility index (Phi) is 5.77. The number of likely N-dealkylation sites (tertiary alicyclic amines) is 1. The van der Waals surface area contributed by atoms with Crippen molar-refractivity contribution in [2.45, 2.75) is 45.3 Å². The van der Waals surface area contributed by atoms with Gasteiger partial charge in [0.2, 0.25) is 0 Å². The number of carbonyl (C=O) groups excluding carboxylic acids is 2. The molecule has 2 aromatic rings. The maximum absolute atomic E-state index is 12.8. The second kappa shape index (κ2) is 8.48. The van der Waals surface area contributed by atoms with Crippen LogP contribution < -0.4 is 10.6 Å². The second-order valence-corrected chi connectivity index (χ2v) is 8.55. The van der Waals surface area contributed by atoms with Crippen LogP contribution in [0.15, 0.2) is 42.5 Å². The SMILES string of the molecule is Cc1cc(C(=O)N2CCC(C)CC2)ccc1NC(=O)N[C@@H]1c2ccccc2C[C@@H]1O. The minimum absolute atomic E-state index is 0.0479. The molecule has 4 rings (SSSR count). The van der Waals surface area contributed by atoms with E-state index < -0.39 is 12.1 Å². The number of hydrogen-bond donors (Lipinski definition) is 3. The summed E-state index contributed by atoms with van der Waals surface area (Å²) in [5.74, 6) is 0.720. The highest BCUT2D eigenvalue weighted by Gasteiger charge is 2.32. The summed E-state index contributed by atoms with van der Waals surface area (Å²) in [6.07, 6.45) is 1.98. The maximum atomic E-state index is 12.8. The fraction of sp³-hybridized carbons (Fsp3) is 0.417. The third-order valence-electron chi connectivity index (χ3n) is 6.28. The molecule has 1 heterocycles. The standard InChI is InChI=1S/C24H29N3O3/c1-15-9-11-27(12-10-15)23(29)18-7-8-20(16(2)13-18)25-24(30)26-22-19-6-4-3-5-17(19)14-21(22)28/h3-8,13,15,21-22,28H,9-12,14H2,1-2H3,(H2,25,26,30)/t21-,22+/m0/s1. The molecule has 2 atom stereocenters. The van der Waals surface area contributed by atoms with Gasteiger partial charge < -0.3 is 20.6 Å². The van der Waals surface area contributed by atoms with Gasteiger partial charge in [-0.3, -0.25) is 4.79 Å². The van der Waals surface area contributed by atoms with Gasteiger partial charge in [0.15, 0.2) is 0 Å². The van der Waals surface area contributed by atoms with E-state index >= 15 is 0 Å². The largest absolute Gasteiger partial charge is 0.390 e. The molecule has 1 saturated heterocycles. The molecule has 158 valence electrons. The second-order valence-electron chi connectivity index (χ2n) is 8.55. The zero-order valence-electron chi connectivity index (χ0n) is 17.5. The highest BCUT2D eigenvalue weighted by molar-refractivity contribution is 5.96. The Bertz CT molecular complexity index is 950. The van der Waals surface area contributed by atoms with Gasteiger partial charge in [-0.25, -0.2) is 4.79 Å². The number of benzene rings is 2. The van der Waals surface area contributed by atoms with Gasteiger partial charge in [0.25, 0.3) is 5.91 Å². The van der Waals surface area contributed by atoms with Crippen molar-refractivity contribution >= 4 is 17.6 Å². The van der Waals surface area contributed by atoms with E-state index in [0.29, 0.717) is 23.6 Å². The summed E-state index contributed by atoms with van der Waals surface area (Å²) < 4.78 is 0. The molecule has 1 aliphatic heterocycles. The molecule has 2 aliphatic rings. The summed E-state index contributed by atoms with van der Waals surface area (Å²) in [5, 5.41) is 16.1. The Morgan fingerprint density at radius 1 is 1.10 bits per heavy atom. The summed E-state index contributed by atoms with van der Waals surface area (Å²) >= 11 is 0. The summed E-state index contributed by atoms with van der Waals surface area (Å²) in [7, 11) is 0. The highest BCUT2D eigenvalue weighted by atomic mass is 16.3. The number of nitrogens with zero attached hydrogens (tertiary/aromatic N) is 1. The number of hydrogen-bond acceptors (Lipinski definition) is 3. The number of aliphatic hydroxyl groups excluding tert-OH is 1. The van der Waals surface area contributed by atoms with Crippen LogP contribution >= 0.6 is 0 Å². The first-order valence-electron chi connectivity index (χ1n) is 10.7. The van der Waals surface area contributed by atoms with E-state index in [0.717, 1.165) is 42.6 Å². The highest BCUT2D eigenvalue weighted by Crippen LogP contribution is 2.31. The van der Waals surface area contributed by atoms with E-state index in [2.05, 4.69) is 17.6 Å². The van der Waals surface area contributed by atoms with Crippen LogP contribution in [0.2, 0.25) is 0 Å². The van der Waals surface area contributed by atoms with Crippen LogP contribution in [0, 0.1) is 12.8 Å². The molecule has 0 bridgehead atoms. The fourth-order valence-electron chi connectivity index (χ4n) is 4.38. The van der Waals surface area contributed by atoms with Crippen LogP contribution in [-0.2, 0) is 6.42 Å². The number of urea groups is 1.